The second-order valence-corrected chi connectivity index (χ2v) is 11.2. The van der Waals surface area contributed by atoms with Crippen LogP contribution in [0.25, 0.3) is 15.9 Å². The zero-order valence-corrected chi connectivity index (χ0v) is 21.1. The highest BCUT2D eigenvalue weighted by Crippen LogP contribution is 2.35. The van der Waals surface area contributed by atoms with E-state index in [4.69, 9.17) is 4.98 Å². The van der Waals surface area contributed by atoms with E-state index in [-0.39, 0.29) is 17.5 Å². The first-order valence-electron chi connectivity index (χ1n) is 12.2. The Morgan fingerprint density at radius 3 is 2.70 bits per heavy atom. The van der Waals surface area contributed by atoms with E-state index in [0.717, 1.165) is 61.0 Å². The van der Waals surface area contributed by atoms with Gasteiger partial charge in [-0.05, 0) is 81.5 Å². The quantitative estimate of drug-likeness (QED) is 0.363. The second-order valence-electron chi connectivity index (χ2n) is 9.17. The maximum atomic E-state index is 13.9. The summed E-state index contributed by atoms with van der Waals surface area (Å²) in [5, 5.41) is 1.41. The summed E-state index contributed by atoms with van der Waals surface area (Å²) in [4.78, 5) is 36.0. The van der Waals surface area contributed by atoms with Crippen molar-refractivity contribution in [2.24, 2.45) is 0 Å². The van der Waals surface area contributed by atoms with Crippen LogP contribution in [0.3, 0.4) is 0 Å². The topological polar surface area (TPSA) is 55.2 Å². The molecule has 1 unspecified atom stereocenters. The molecule has 33 heavy (non-hydrogen) atoms. The first-order chi connectivity index (χ1) is 16.1. The number of carbonyl (C=O) groups is 1. The Bertz CT molecular complexity index is 1230. The van der Waals surface area contributed by atoms with Gasteiger partial charge in [0.25, 0.3) is 5.56 Å². The molecule has 1 aromatic carbocycles. The van der Waals surface area contributed by atoms with Crippen LogP contribution in [0.15, 0.2) is 34.2 Å². The van der Waals surface area contributed by atoms with Crippen molar-refractivity contribution in [1.82, 2.24) is 14.5 Å². The molecule has 1 amide bonds. The molecule has 5 rings (SSSR count). The Kier molecular flexibility index (Phi) is 6.61. The summed E-state index contributed by atoms with van der Waals surface area (Å²) in [6.07, 6.45) is 8.57. The number of amides is 1. The van der Waals surface area contributed by atoms with Crippen LogP contribution in [-0.4, -0.2) is 38.7 Å². The van der Waals surface area contributed by atoms with Crippen LogP contribution in [0.1, 0.15) is 62.0 Å². The van der Waals surface area contributed by atoms with E-state index in [9.17, 15) is 9.59 Å². The van der Waals surface area contributed by atoms with Gasteiger partial charge in [-0.1, -0.05) is 30.8 Å². The van der Waals surface area contributed by atoms with E-state index < -0.39 is 0 Å². The van der Waals surface area contributed by atoms with Crippen molar-refractivity contribution in [1.29, 1.82) is 0 Å². The molecule has 1 atom stereocenters. The molecule has 1 saturated heterocycles. The van der Waals surface area contributed by atoms with E-state index in [2.05, 4.69) is 26.0 Å². The number of thioether (sulfide) groups is 1. The molecule has 0 N–H and O–H groups in total. The fourth-order valence-electron chi connectivity index (χ4n) is 5.07. The molecule has 0 saturated carbocycles. The highest BCUT2D eigenvalue weighted by molar-refractivity contribution is 7.99. The van der Waals surface area contributed by atoms with Gasteiger partial charge in [0.1, 0.15) is 4.83 Å². The first kappa shape index (κ1) is 22.7. The standard InChI is InChI=1S/C26H31N3O2S2/c1-3-18-11-13-19(14-12-18)29-25(31)23-20-9-4-5-10-21(20)33-24(23)27-26(29)32-16-22(30)28-15-7-6-8-17(28)2/h11-14,17H,3-10,15-16H2,1-2H3. The lowest BCUT2D eigenvalue weighted by Gasteiger charge is -2.33. The fraction of sp³-hybridized carbons (Fsp3) is 0.500. The average molecular weight is 482 g/mol. The SMILES string of the molecule is CCc1ccc(-n2c(SCC(=O)N3CCCCC3C)nc3sc4c(c3c2=O)CCCC4)cc1. The van der Waals surface area contributed by atoms with Crippen molar-refractivity contribution in [2.75, 3.05) is 12.3 Å². The number of piperidine rings is 1. The summed E-state index contributed by atoms with van der Waals surface area (Å²) >= 11 is 3.07. The molecule has 1 aliphatic carbocycles. The van der Waals surface area contributed by atoms with E-state index in [0.29, 0.717) is 10.9 Å². The van der Waals surface area contributed by atoms with Gasteiger partial charge in [0.15, 0.2) is 5.16 Å². The van der Waals surface area contributed by atoms with Gasteiger partial charge in [-0.15, -0.1) is 11.3 Å². The van der Waals surface area contributed by atoms with Crippen molar-refractivity contribution >= 4 is 39.2 Å². The Morgan fingerprint density at radius 2 is 1.94 bits per heavy atom. The number of nitrogens with zero attached hydrogens (tertiary/aromatic N) is 3. The number of rotatable bonds is 5. The molecule has 1 aliphatic heterocycles. The Balaban J connectivity index is 1.55. The summed E-state index contributed by atoms with van der Waals surface area (Å²) in [6, 6.07) is 8.44. The van der Waals surface area contributed by atoms with Gasteiger partial charge in [0.2, 0.25) is 5.91 Å². The molecule has 2 aromatic heterocycles. The maximum Gasteiger partial charge on any atom is 0.267 e. The van der Waals surface area contributed by atoms with Crippen LogP contribution in [0.4, 0.5) is 0 Å². The van der Waals surface area contributed by atoms with E-state index in [1.54, 1.807) is 15.9 Å². The number of carbonyl (C=O) groups excluding carboxylic acids is 1. The molecule has 174 valence electrons. The predicted octanol–water partition coefficient (Wildman–Crippen LogP) is 5.38. The molecule has 5 nitrogen and oxygen atoms in total. The molecule has 1 fully saturated rings. The van der Waals surface area contributed by atoms with Crippen LogP contribution in [-0.2, 0) is 24.1 Å². The van der Waals surface area contributed by atoms with Gasteiger partial charge in [-0.3, -0.25) is 14.2 Å². The number of aryl methyl sites for hydroxylation is 3. The summed E-state index contributed by atoms with van der Waals surface area (Å²) < 4.78 is 1.74. The van der Waals surface area contributed by atoms with Gasteiger partial charge in [-0.25, -0.2) is 4.98 Å². The zero-order chi connectivity index (χ0) is 22.9. The Labute approximate surface area is 203 Å². The van der Waals surface area contributed by atoms with Gasteiger partial charge < -0.3 is 4.90 Å². The summed E-state index contributed by atoms with van der Waals surface area (Å²) in [5.41, 5.74) is 3.26. The molecule has 7 heteroatoms. The minimum absolute atomic E-state index is 0.00457. The van der Waals surface area contributed by atoms with Crippen molar-refractivity contribution in [3.63, 3.8) is 0 Å². The second kappa shape index (κ2) is 9.63. The minimum atomic E-state index is 0.00457. The smallest absolute Gasteiger partial charge is 0.267 e. The number of aromatic nitrogens is 2. The number of fused-ring (bicyclic) bond motifs is 3. The molecular weight excluding hydrogens is 450 g/mol. The van der Waals surface area contributed by atoms with Crippen molar-refractivity contribution in [2.45, 2.75) is 76.4 Å². The van der Waals surface area contributed by atoms with E-state index in [1.807, 2.05) is 17.0 Å². The summed E-state index contributed by atoms with van der Waals surface area (Å²) in [6.45, 7) is 5.09. The van der Waals surface area contributed by atoms with Crippen LogP contribution >= 0.6 is 23.1 Å². The fourth-order valence-corrected chi connectivity index (χ4v) is 7.27. The number of benzene rings is 1. The lowest BCUT2D eigenvalue weighted by molar-refractivity contribution is -0.131. The predicted molar refractivity (Wildman–Crippen MR) is 137 cm³/mol. The third-order valence-electron chi connectivity index (χ3n) is 7.01. The summed E-state index contributed by atoms with van der Waals surface area (Å²) in [5.74, 6) is 0.445. The van der Waals surface area contributed by atoms with Crippen LogP contribution in [0.5, 0.6) is 0 Å². The third kappa shape index (κ3) is 4.37. The average Bonchev–Trinajstić information content (AvgIpc) is 3.22. The monoisotopic (exact) mass is 481 g/mol. The molecular formula is C26H31N3O2S2. The summed E-state index contributed by atoms with van der Waals surface area (Å²) in [7, 11) is 0. The number of hydrogen-bond acceptors (Lipinski definition) is 5. The molecule has 3 aromatic rings. The number of likely N-dealkylation sites (tertiary alicyclic amines) is 1. The minimum Gasteiger partial charge on any atom is -0.339 e. The highest BCUT2D eigenvalue weighted by atomic mass is 32.2. The highest BCUT2D eigenvalue weighted by Gasteiger charge is 2.26. The Hall–Kier alpha value is -2.12. The van der Waals surface area contributed by atoms with E-state index in [1.165, 1.54) is 40.6 Å². The van der Waals surface area contributed by atoms with Crippen LogP contribution in [0.2, 0.25) is 0 Å². The molecule has 0 radical (unpaired) electrons. The van der Waals surface area contributed by atoms with Gasteiger partial charge in [0.05, 0.1) is 16.8 Å². The number of hydrogen-bond donors (Lipinski definition) is 0. The lowest BCUT2D eigenvalue weighted by atomic mass is 9.97. The van der Waals surface area contributed by atoms with Crippen LogP contribution in [0, 0.1) is 0 Å². The van der Waals surface area contributed by atoms with E-state index >= 15 is 0 Å². The number of thiophene rings is 1. The third-order valence-corrected chi connectivity index (χ3v) is 9.12. The zero-order valence-electron chi connectivity index (χ0n) is 19.4. The van der Waals surface area contributed by atoms with Crippen molar-refractivity contribution in [3.8, 4) is 5.69 Å². The molecule has 0 bridgehead atoms. The van der Waals surface area contributed by atoms with Gasteiger partial charge >= 0.3 is 0 Å². The normalized spacial score (nSPS) is 18.5. The van der Waals surface area contributed by atoms with Crippen LogP contribution < -0.4 is 5.56 Å². The lowest BCUT2D eigenvalue weighted by Crippen LogP contribution is -2.43. The van der Waals surface area contributed by atoms with Crippen molar-refractivity contribution in [3.05, 3.63) is 50.6 Å². The van der Waals surface area contributed by atoms with Gasteiger partial charge in [0, 0.05) is 17.5 Å². The maximum absolute atomic E-state index is 13.9. The van der Waals surface area contributed by atoms with Crippen molar-refractivity contribution < 1.29 is 4.79 Å². The molecule has 2 aliphatic rings. The largest absolute Gasteiger partial charge is 0.339 e. The van der Waals surface area contributed by atoms with Gasteiger partial charge in [-0.2, -0.15) is 0 Å². The first-order valence-corrected chi connectivity index (χ1v) is 14.0. The molecule has 3 heterocycles. The molecule has 0 spiro atoms. The Morgan fingerprint density at radius 1 is 1.15 bits per heavy atom.